The molecular formula is C13H13N3O. The van der Waals surface area contributed by atoms with Crippen molar-refractivity contribution < 1.29 is 4.79 Å². The van der Waals surface area contributed by atoms with Gasteiger partial charge in [0.2, 0.25) is 0 Å². The summed E-state index contributed by atoms with van der Waals surface area (Å²) >= 11 is 0. The first-order valence-electron chi connectivity index (χ1n) is 5.78. The highest BCUT2D eigenvalue weighted by molar-refractivity contribution is 5.97. The molecule has 0 aliphatic heterocycles. The average molecular weight is 227 g/mol. The minimum absolute atomic E-state index is 0.194. The number of nitrogens with zero attached hydrogens (tertiary/aromatic N) is 2. The van der Waals surface area contributed by atoms with E-state index in [9.17, 15) is 4.79 Å². The van der Waals surface area contributed by atoms with Crippen LogP contribution in [0.2, 0.25) is 0 Å². The van der Waals surface area contributed by atoms with Crippen molar-refractivity contribution in [3.8, 4) is 0 Å². The number of carbonyl (C=O) groups excluding carboxylic acids is 1. The fraction of sp³-hybridized carbons (Fsp3) is 0.308. The summed E-state index contributed by atoms with van der Waals surface area (Å²) in [6, 6.07) is 3.46. The van der Waals surface area contributed by atoms with Gasteiger partial charge in [0.1, 0.15) is 0 Å². The van der Waals surface area contributed by atoms with Gasteiger partial charge in [0.15, 0.2) is 0 Å². The molecule has 1 fully saturated rings. The number of nitrogens with one attached hydrogen (secondary N) is 1. The van der Waals surface area contributed by atoms with Gasteiger partial charge in [-0.05, 0) is 30.9 Å². The maximum Gasteiger partial charge on any atom is 0.272 e. The Morgan fingerprint density at radius 1 is 1.53 bits per heavy atom. The van der Waals surface area contributed by atoms with Crippen LogP contribution >= 0.6 is 0 Å². The molecule has 3 rings (SSSR count). The van der Waals surface area contributed by atoms with Crippen molar-refractivity contribution in [3.63, 3.8) is 0 Å². The number of carbonyl (C=O) groups is 1. The molecule has 1 aromatic heterocycles. The molecule has 0 saturated heterocycles. The molecule has 0 bridgehead atoms. The van der Waals surface area contributed by atoms with E-state index in [1.54, 1.807) is 18.3 Å². The van der Waals surface area contributed by atoms with E-state index < -0.39 is 0 Å². The number of allylic oxidation sites excluding steroid dienone is 2. The van der Waals surface area contributed by atoms with Gasteiger partial charge >= 0.3 is 0 Å². The maximum absolute atomic E-state index is 11.7. The predicted molar refractivity (Wildman–Crippen MR) is 64.5 cm³/mol. The van der Waals surface area contributed by atoms with E-state index in [1.165, 1.54) is 6.20 Å². The summed E-state index contributed by atoms with van der Waals surface area (Å²) in [5.74, 6) is 0.994. The lowest BCUT2D eigenvalue weighted by molar-refractivity contribution is 0.0953. The maximum atomic E-state index is 11.7. The molecule has 4 heteroatoms. The molecule has 1 heterocycles. The number of pyridine rings is 1. The summed E-state index contributed by atoms with van der Waals surface area (Å²) in [5.41, 5.74) is 4.24. The Hall–Kier alpha value is -1.97. The van der Waals surface area contributed by atoms with Crippen LogP contribution in [0.3, 0.4) is 0 Å². The van der Waals surface area contributed by atoms with Crippen molar-refractivity contribution in [3.05, 3.63) is 42.2 Å². The Balaban J connectivity index is 1.62. The lowest BCUT2D eigenvalue weighted by atomic mass is 9.74. The van der Waals surface area contributed by atoms with Crippen LogP contribution in [-0.4, -0.2) is 16.6 Å². The van der Waals surface area contributed by atoms with Gasteiger partial charge in [0.25, 0.3) is 5.91 Å². The molecule has 1 N–H and O–H groups in total. The van der Waals surface area contributed by atoms with E-state index in [-0.39, 0.29) is 5.91 Å². The third-order valence-corrected chi connectivity index (χ3v) is 3.39. The van der Waals surface area contributed by atoms with E-state index in [4.69, 9.17) is 0 Å². The topological polar surface area (TPSA) is 54.4 Å². The van der Waals surface area contributed by atoms with Crippen LogP contribution in [0.25, 0.3) is 0 Å². The highest BCUT2D eigenvalue weighted by Crippen LogP contribution is 2.39. The van der Waals surface area contributed by atoms with Gasteiger partial charge in [0.05, 0.1) is 5.56 Å². The minimum Gasteiger partial charge on any atom is -0.267 e. The second-order valence-electron chi connectivity index (χ2n) is 4.42. The fourth-order valence-corrected chi connectivity index (χ4v) is 2.35. The van der Waals surface area contributed by atoms with Crippen LogP contribution in [0.15, 0.2) is 41.8 Å². The third kappa shape index (κ3) is 1.86. The lowest BCUT2D eigenvalue weighted by Crippen LogP contribution is -2.35. The summed E-state index contributed by atoms with van der Waals surface area (Å²) in [4.78, 5) is 15.6. The second-order valence-corrected chi connectivity index (χ2v) is 4.42. The molecule has 0 spiro atoms. The molecule has 2 aliphatic carbocycles. The molecule has 0 unspecified atom stereocenters. The van der Waals surface area contributed by atoms with Crippen LogP contribution in [0.1, 0.15) is 23.2 Å². The van der Waals surface area contributed by atoms with Crippen LogP contribution < -0.4 is 5.43 Å². The predicted octanol–water partition coefficient (Wildman–Crippen LogP) is 1.76. The molecule has 0 radical (unpaired) electrons. The molecule has 2 aliphatic rings. The molecule has 4 nitrogen and oxygen atoms in total. The monoisotopic (exact) mass is 227 g/mol. The molecular weight excluding hydrogens is 214 g/mol. The number of hydrogen-bond acceptors (Lipinski definition) is 3. The number of aromatic nitrogens is 1. The third-order valence-electron chi connectivity index (χ3n) is 3.39. The molecule has 17 heavy (non-hydrogen) atoms. The molecule has 2 atom stereocenters. The zero-order chi connectivity index (χ0) is 11.7. The summed E-state index contributed by atoms with van der Waals surface area (Å²) in [6.45, 7) is 0. The normalized spacial score (nSPS) is 27.6. The second kappa shape index (κ2) is 4.13. The number of hydrazone groups is 1. The first-order valence-corrected chi connectivity index (χ1v) is 5.78. The number of hydrogen-bond donors (Lipinski definition) is 1. The first kappa shape index (κ1) is 10.2. The molecule has 0 aromatic carbocycles. The van der Waals surface area contributed by atoms with Crippen molar-refractivity contribution >= 4 is 11.6 Å². The number of fused-ring (bicyclic) bond motifs is 1. The summed E-state index contributed by atoms with van der Waals surface area (Å²) < 4.78 is 0. The van der Waals surface area contributed by atoms with Gasteiger partial charge in [-0.3, -0.25) is 9.78 Å². The van der Waals surface area contributed by atoms with Gasteiger partial charge in [-0.25, -0.2) is 5.43 Å². The largest absolute Gasteiger partial charge is 0.272 e. The highest BCUT2D eigenvalue weighted by Gasteiger charge is 2.37. The van der Waals surface area contributed by atoms with Crippen molar-refractivity contribution in [1.29, 1.82) is 0 Å². The van der Waals surface area contributed by atoms with Crippen molar-refractivity contribution in [2.24, 2.45) is 16.9 Å². The molecule has 1 amide bonds. The standard InChI is InChI=1S/C13H13N3O/c17-13(10-4-2-6-14-8-10)16-15-12-7-9-3-1-5-11(9)12/h1-4,6,8-9,11H,5,7H2,(H,16,17)/b15-12+/t9-,11+/m1/s1. The van der Waals surface area contributed by atoms with E-state index in [0.717, 1.165) is 18.6 Å². The van der Waals surface area contributed by atoms with Gasteiger partial charge in [0, 0.05) is 24.0 Å². The highest BCUT2D eigenvalue weighted by atomic mass is 16.2. The van der Waals surface area contributed by atoms with Gasteiger partial charge < -0.3 is 0 Å². The van der Waals surface area contributed by atoms with E-state index in [0.29, 0.717) is 17.4 Å². The van der Waals surface area contributed by atoms with Crippen LogP contribution in [0, 0.1) is 11.8 Å². The number of amides is 1. The average Bonchev–Trinajstić information content (AvgIpc) is 2.72. The van der Waals surface area contributed by atoms with Crippen molar-refractivity contribution in [2.45, 2.75) is 12.8 Å². The first-order chi connectivity index (χ1) is 8.34. The van der Waals surface area contributed by atoms with Gasteiger partial charge in [-0.1, -0.05) is 12.2 Å². The van der Waals surface area contributed by atoms with Crippen molar-refractivity contribution in [1.82, 2.24) is 10.4 Å². The van der Waals surface area contributed by atoms with Crippen LogP contribution in [-0.2, 0) is 0 Å². The molecule has 1 saturated carbocycles. The number of rotatable bonds is 2. The summed E-state index contributed by atoms with van der Waals surface area (Å²) in [6.07, 6.45) is 9.66. The van der Waals surface area contributed by atoms with Gasteiger partial charge in [-0.15, -0.1) is 0 Å². The Labute approximate surface area is 99.4 Å². The quantitative estimate of drug-likeness (QED) is 0.618. The molecule has 1 aromatic rings. The SMILES string of the molecule is O=C(N/N=C1\C[C@H]2C=CC[C@H]12)c1cccnc1. The van der Waals surface area contributed by atoms with Gasteiger partial charge in [-0.2, -0.15) is 5.10 Å². The molecule has 86 valence electrons. The summed E-state index contributed by atoms with van der Waals surface area (Å²) in [7, 11) is 0. The Kier molecular flexibility index (Phi) is 2.48. The summed E-state index contributed by atoms with van der Waals surface area (Å²) in [5, 5.41) is 4.20. The van der Waals surface area contributed by atoms with Crippen LogP contribution in [0.5, 0.6) is 0 Å². The zero-order valence-corrected chi connectivity index (χ0v) is 9.34. The zero-order valence-electron chi connectivity index (χ0n) is 9.34. The van der Waals surface area contributed by atoms with E-state index in [2.05, 4.69) is 27.7 Å². The van der Waals surface area contributed by atoms with Crippen LogP contribution in [0.4, 0.5) is 0 Å². The Morgan fingerprint density at radius 2 is 2.47 bits per heavy atom. The fourth-order valence-electron chi connectivity index (χ4n) is 2.35. The van der Waals surface area contributed by atoms with Crippen molar-refractivity contribution in [2.75, 3.05) is 0 Å². The Bertz CT molecular complexity index is 493. The Morgan fingerprint density at radius 3 is 3.24 bits per heavy atom. The lowest BCUT2D eigenvalue weighted by Gasteiger charge is -2.31. The minimum atomic E-state index is -0.194. The van der Waals surface area contributed by atoms with E-state index in [1.807, 2.05) is 0 Å². The smallest absolute Gasteiger partial charge is 0.267 e. The van der Waals surface area contributed by atoms with E-state index >= 15 is 0 Å².